The molecule has 8 nitrogen and oxygen atoms in total. The number of fused-ring (bicyclic) bond motifs is 1. The number of amides is 1. The van der Waals surface area contributed by atoms with Crippen molar-refractivity contribution in [3.05, 3.63) is 30.1 Å². The Morgan fingerprint density at radius 1 is 1.26 bits per heavy atom. The summed E-state index contributed by atoms with van der Waals surface area (Å²) in [5, 5.41) is 20.9. The van der Waals surface area contributed by atoms with Gasteiger partial charge in [0.05, 0.1) is 23.4 Å². The molecule has 1 aliphatic carbocycles. The van der Waals surface area contributed by atoms with Crippen LogP contribution in [0.3, 0.4) is 0 Å². The van der Waals surface area contributed by atoms with Crippen LogP contribution in [0.1, 0.15) is 45.3 Å². The monoisotopic (exact) mass is 423 g/mol. The van der Waals surface area contributed by atoms with Crippen LogP contribution in [0.15, 0.2) is 24.4 Å². The highest BCUT2D eigenvalue weighted by Gasteiger charge is 2.55. The van der Waals surface area contributed by atoms with Crippen LogP contribution in [0.2, 0.25) is 0 Å². The first-order valence-corrected chi connectivity index (χ1v) is 10.7. The summed E-state index contributed by atoms with van der Waals surface area (Å²) in [6.45, 7) is 9.03. The fourth-order valence-corrected chi connectivity index (χ4v) is 4.96. The summed E-state index contributed by atoms with van der Waals surface area (Å²) in [5.41, 5.74) is 3.00. The van der Waals surface area contributed by atoms with Gasteiger partial charge in [-0.3, -0.25) is 9.36 Å². The quantitative estimate of drug-likeness (QED) is 0.673. The SMILES string of the molecule is Cc1c(O)c(-c2ccc3c(cnn3C)c2)nn1C1CC2(C1)CN(C(=O)OC(C)(C)C)C2. The van der Waals surface area contributed by atoms with E-state index in [1.54, 1.807) is 4.90 Å². The first kappa shape index (κ1) is 19.9. The van der Waals surface area contributed by atoms with E-state index in [1.807, 2.05) is 68.5 Å². The second kappa shape index (κ2) is 6.48. The first-order chi connectivity index (χ1) is 14.6. The second-order valence-electron chi connectivity index (χ2n) is 10.2. The zero-order chi connectivity index (χ0) is 22.1. The minimum absolute atomic E-state index is 0.157. The Bertz CT molecular complexity index is 1170. The molecule has 31 heavy (non-hydrogen) atoms. The van der Waals surface area contributed by atoms with Crippen LogP contribution in [-0.4, -0.2) is 54.4 Å². The van der Waals surface area contributed by atoms with Crippen molar-refractivity contribution in [1.29, 1.82) is 0 Å². The Kier molecular flexibility index (Phi) is 4.16. The van der Waals surface area contributed by atoms with Crippen molar-refractivity contribution in [2.75, 3.05) is 13.1 Å². The molecule has 8 heteroatoms. The number of aromatic hydroxyl groups is 1. The number of aromatic nitrogens is 4. The summed E-state index contributed by atoms with van der Waals surface area (Å²) in [7, 11) is 1.91. The van der Waals surface area contributed by atoms with Gasteiger partial charge < -0.3 is 14.7 Å². The largest absolute Gasteiger partial charge is 0.504 e. The van der Waals surface area contributed by atoms with Gasteiger partial charge in [-0.2, -0.15) is 10.2 Å². The van der Waals surface area contributed by atoms with Crippen molar-refractivity contribution < 1.29 is 14.6 Å². The molecule has 0 radical (unpaired) electrons. The Labute approximate surface area is 181 Å². The van der Waals surface area contributed by atoms with Gasteiger partial charge in [0, 0.05) is 36.5 Å². The van der Waals surface area contributed by atoms with Crippen LogP contribution >= 0.6 is 0 Å². The molecule has 2 aliphatic rings. The van der Waals surface area contributed by atoms with Crippen molar-refractivity contribution in [3.63, 3.8) is 0 Å². The maximum absolute atomic E-state index is 12.2. The van der Waals surface area contributed by atoms with E-state index in [1.165, 1.54) is 0 Å². The fraction of sp³-hybridized carbons (Fsp3) is 0.522. The van der Waals surface area contributed by atoms with E-state index in [0.717, 1.165) is 48.1 Å². The van der Waals surface area contributed by atoms with Crippen molar-refractivity contribution in [2.24, 2.45) is 12.5 Å². The lowest BCUT2D eigenvalue weighted by atomic mass is 9.61. The van der Waals surface area contributed by atoms with Gasteiger partial charge in [0.2, 0.25) is 0 Å². The molecular formula is C23H29N5O3. The van der Waals surface area contributed by atoms with E-state index >= 15 is 0 Å². The number of hydrogen-bond acceptors (Lipinski definition) is 5. The van der Waals surface area contributed by atoms with Crippen LogP contribution in [0, 0.1) is 12.3 Å². The summed E-state index contributed by atoms with van der Waals surface area (Å²) in [6.07, 6.45) is 3.50. The first-order valence-electron chi connectivity index (χ1n) is 10.7. The van der Waals surface area contributed by atoms with Crippen molar-refractivity contribution in [3.8, 4) is 17.0 Å². The van der Waals surface area contributed by atoms with Gasteiger partial charge in [-0.1, -0.05) is 6.07 Å². The van der Waals surface area contributed by atoms with Gasteiger partial charge in [-0.15, -0.1) is 0 Å². The Hall–Kier alpha value is -3.03. The zero-order valence-electron chi connectivity index (χ0n) is 18.7. The van der Waals surface area contributed by atoms with Gasteiger partial charge in [0.25, 0.3) is 0 Å². The second-order valence-corrected chi connectivity index (χ2v) is 10.2. The molecule has 0 atom stereocenters. The van der Waals surface area contributed by atoms with Crippen LogP contribution < -0.4 is 0 Å². The molecule has 164 valence electrons. The fourth-order valence-electron chi connectivity index (χ4n) is 4.96. The number of benzene rings is 1. The topological polar surface area (TPSA) is 85.4 Å². The predicted molar refractivity (Wildman–Crippen MR) is 117 cm³/mol. The molecule has 5 rings (SSSR count). The normalized spacial score (nSPS) is 18.3. The molecule has 1 aliphatic heterocycles. The van der Waals surface area contributed by atoms with Crippen molar-refractivity contribution in [2.45, 2.75) is 52.2 Å². The summed E-state index contributed by atoms with van der Waals surface area (Å²) >= 11 is 0. The van der Waals surface area contributed by atoms with Crippen LogP contribution in [0.25, 0.3) is 22.2 Å². The molecule has 2 aromatic heterocycles. The smallest absolute Gasteiger partial charge is 0.410 e. The van der Waals surface area contributed by atoms with Gasteiger partial charge in [-0.25, -0.2) is 4.79 Å². The highest BCUT2D eigenvalue weighted by Crippen LogP contribution is 2.55. The Morgan fingerprint density at radius 2 is 1.97 bits per heavy atom. The molecule has 0 unspecified atom stereocenters. The van der Waals surface area contributed by atoms with E-state index in [-0.39, 0.29) is 23.3 Å². The minimum atomic E-state index is -0.471. The third kappa shape index (κ3) is 3.25. The number of ether oxygens (including phenoxy) is 1. The summed E-state index contributed by atoms with van der Waals surface area (Å²) in [4.78, 5) is 14.0. The molecule has 1 aromatic carbocycles. The lowest BCUT2D eigenvalue weighted by Gasteiger charge is -2.58. The van der Waals surface area contributed by atoms with E-state index in [4.69, 9.17) is 9.84 Å². The highest BCUT2D eigenvalue weighted by molar-refractivity contribution is 5.85. The van der Waals surface area contributed by atoms with E-state index < -0.39 is 5.60 Å². The molecule has 1 N–H and O–H groups in total. The lowest BCUT2D eigenvalue weighted by molar-refractivity contribution is -0.0931. The number of carbonyl (C=O) groups excluding carboxylic acids is 1. The summed E-state index contributed by atoms with van der Waals surface area (Å²) in [5.74, 6) is 0.230. The van der Waals surface area contributed by atoms with Crippen molar-refractivity contribution in [1.82, 2.24) is 24.5 Å². The highest BCUT2D eigenvalue weighted by atomic mass is 16.6. The molecule has 1 amide bonds. The lowest BCUT2D eigenvalue weighted by Crippen LogP contribution is -2.64. The maximum Gasteiger partial charge on any atom is 0.410 e. The average molecular weight is 424 g/mol. The van der Waals surface area contributed by atoms with Crippen LogP contribution in [0.4, 0.5) is 4.79 Å². The number of hydrogen-bond donors (Lipinski definition) is 1. The molecule has 0 bridgehead atoms. The van der Waals surface area contributed by atoms with Gasteiger partial charge in [-0.05, 0) is 52.7 Å². The van der Waals surface area contributed by atoms with E-state index in [0.29, 0.717) is 5.69 Å². The minimum Gasteiger partial charge on any atom is -0.504 e. The average Bonchev–Trinajstić information content (AvgIpc) is 3.12. The number of rotatable bonds is 2. The maximum atomic E-state index is 12.2. The molecule has 3 heterocycles. The van der Waals surface area contributed by atoms with Crippen LogP contribution in [-0.2, 0) is 11.8 Å². The molecule has 2 fully saturated rings. The van der Waals surface area contributed by atoms with Gasteiger partial charge in [0.1, 0.15) is 11.3 Å². The molecule has 1 saturated heterocycles. The van der Waals surface area contributed by atoms with Gasteiger partial charge in [0.15, 0.2) is 5.75 Å². The molecule has 1 saturated carbocycles. The summed E-state index contributed by atoms with van der Waals surface area (Å²) in [6, 6.07) is 6.23. The number of aryl methyl sites for hydroxylation is 1. The van der Waals surface area contributed by atoms with Gasteiger partial charge >= 0.3 is 6.09 Å². The predicted octanol–water partition coefficient (Wildman–Crippen LogP) is 4.02. The molecular weight excluding hydrogens is 394 g/mol. The number of nitrogens with zero attached hydrogens (tertiary/aromatic N) is 5. The van der Waals surface area contributed by atoms with E-state index in [9.17, 15) is 9.90 Å². The van der Waals surface area contributed by atoms with Crippen molar-refractivity contribution >= 4 is 17.0 Å². The number of carbonyl (C=O) groups is 1. The summed E-state index contributed by atoms with van der Waals surface area (Å²) < 4.78 is 9.25. The Balaban J connectivity index is 1.29. The number of likely N-dealkylation sites (tertiary alicyclic amines) is 1. The molecule has 1 spiro atoms. The van der Waals surface area contributed by atoms with E-state index in [2.05, 4.69) is 5.10 Å². The standard InChI is InChI=1S/C23H29N5O3/c1-14-20(29)19(15-6-7-18-16(8-15)11-24-26(18)5)25-28(14)17-9-23(10-17)12-27(13-23)21(30)31-22(2,3)4/h6-8,11,17,29H,9-10,12-13H2,1-5H3. The third-order valence-electron chi connectivity index (χ3n) is 6.53. The van der Waals surface area contributed by atoms with Crippen LogP contribution in [0.5, 0.6) is 5.75 Å². The zero-order valence-corrected chi connectivity index (χ0v) is 18.7. The third-order valence-corrected chi connectivity index (χ3v) is 6.53. The Morgan fingerprint density at radius 3 is 2.65 bits per heavy atom. The molecule has 3 aromatic rings.